The van der Waals surface area contributed by atoms with Crippen LogP contribution in [0.25, 0.3) is 0 Å². The van der Waals surface area contributed by atoms with Crippen molar-refractivity contribution in [3.63, 3.8) is 0 Å². The van der Waals surface area contributed by atoms with Gasteiger partial charge in [0.1, 0.15) is 11.8 Å². The number of carbonyl (C=O) groups is 1. The lowest BCUT2D eigenvalue weighted by atomic mass is 10.1. The number of aliphatic carboxylic acids is 1. The number of carboxylic acid groups (broad SMARTS) is 1. The number of hydrogen-bond donors (Lipinski definition) is 1. The Morgan fingerprint density at radius 3 is 3.00 bits per heavy atom. The number of nitrogens with zero attached hydrogens (tertiary/aromatic N) is 1. The summed E-state index contributed by atoms with van der Waals surface area (Å²) < 4.78 is 5.63. The van der Waals surface area contributed by atoms with Gasteiger partial charge in [-0.25, -0.2) is 0 Å². The van der Waals surface area contributed by atoms with Crippen LogP contribution < -0.4 is 4.74 Å². The highest BCUT2D eigenvalue weighted by Gasteiger charge is 2.32. The lowest BCUT2D eigenvalue weighted by Crippen LogP contribution is -2.37. The Labute approximate surface area is 130 Å². The number of aryl methyl sites for hydroxylation is 1. The maximum absolute atomic E-state index is 11.2. The summed E-state index contributed by atoms with van der Waals surface area (Å²) in [5.41, 5.74) is 2.06. The molecule has 0 aromatic heterocycles. The topological polar surface area (TPSA) is 49.8 Å². The average molecular weight is 312 g/mol. The first-order valence-corrected chi connectivity index (χ1v) is 7.80. The molecule has 1 fully saturated rings. The molecule has 0 radical (unpaired) electrons. The van der Waals surface area contributed by atoms with Gasteiger partial charge in [0.05, 0.1) is 12.0 Å². The summed E-state index contributed by atoms with van der Waals surface area (Å²) in [6.45, 7) is 5.85. The molecule has 5 heteroatoms. The first kappa shape index (κ1) is 16.1. The molecule has 1 aromatic rings. The summed E-state index contributed by atoms with van der Waals surface area (Å²) in [4.78, 5) is 13.2. The first-order valence-electron chi connectivity index (χ1n) is 7.37. The third-order valence-corrected chi connectivity index (χ3v) is 4.22. The molecule has 0 saturated carbocycles. The minimum Gasteiger partial charge on any atom is -0.494 e. The number of likely N-dealkylation sites (tertiary alicyclic amines) is 1. The van der Waals surface area contributed by atoms with E-state index in [0.717, 1.165) is 29.8 Å². The summed E-state index contributed by atoms with van der Waals surface area (Å²) in [7, 11) is 0. The monoisotopic (exact) mass is 311 g/mol. The van der Waals surface area contributed by atoms with Crippen molar-refractivity contribution in [1.29, 1.82) is 0 Å². The third kappa shape index (κ3) is 3.89. The molecule has 4 nitrogen and oxygen atoms in total. The van der Waals surface area contributed by atoms with Gasteiger partial charge in [0.2, 0.25) is 0 Å². The van der Waals surface area contributed by atoms with Crippen molar-refractivity contribution in [2.75, 3.05) is 19.7 Å². The molecule has 1 aliphatic rings. The van der Waals surface area contributed by atoms with Gasteiger partial charge in [0.15, 0.2) is 0 Å². The number of ether oxygens (including phenoxy) is 1. The second kappa shape index (κ2) is 7.14. The van der Waals surface area contributed by atoms with E-state index in [1.54, 1.807) is 0 Å². The Bertz CT molecular complexity index is 506. The highest BCUT2D eigenvalue weighted by atomic mass is 35.5. The molecule has 0 bridgehead atoms. The Balaban J connectivity index is 2.14. The van der Waals surface area contributed by atoms with Crippen LogP contribution in [0.1, 0.15) is 36.3 Å². The van der Waals surface area contributed by atoms with Crippen LogP contribution in [0.3, 0.4) is 0 Å². The van der Waals surface area contributed by atoms with E-state index in [1.807, 2.05) is 36.9 Å². The van der Waals surface area contributed by atoms with Crippen LogP contribution in [0.5, 0.6) is 5.75 Å². The fourth-order valence-electron chi connectivity index (χ4n) is 2.83. The molecule has 2 atom stereocenters. The van der Waals surface area contributed by atoms with E-state index in [-0.39, 0.29) is 5.38 Å². The van der Waals surface area contributed by atoms with Crippen LogP contribution in [-0.4, -0.2) is 41.7 Å². The second-order valence-electron chi connectivity index (χ2n) is 5.43. The van der Waals surface area contributed by atoms with Gasteiger partial charge in [-0.05, 0) is 39.3 Å². The minimum absolute atomic E-state index is 0.272. The van der Waals surface area contributed by atoms with Gasteiger partial charge in [-0.15, -0.1) is 11.6 Å². The van der Waals surface area contributed by atoms with Crippen LogP contribution >= 0.6 is 11.6 Å². The number of alkyl halides is 1. The standard InChI is InChI=1S/C16H22ClNO3/c1-3-21-15-7-6-11(2)9-12(15)13(17)10-18-8-4-5-14(18)16(19)20/h6-7,9,13-14H,3-5,8,10H2,1-2H3,(H,19,20). The van der Waals surface area contributed by atoms with E-state index in [1.165, 1.54) is 0 Å². The number of carboxylic acids is 1. The predicted molar refractivity (Wildman–Crippen MR) is 83.2 cm³/mol. The minimum atomic E-state index is -0.759. The second-order valence-corrected chi connectivity index (χ2v) is 5.96. The van der Waals surface area contributed by atoms with Gasteiger partial charge in [-0.1, -0.05) is 17.7 Å². The van der Waals surface area contributed by atoms with E-state index >= 15 is 0 Å². The zero-order chi connectivity index (χ0) is 15.4. The molecule has 0 aliphatic carbocycles. The Hall–Kier alpha value is -1.26. The Morgan fingerprint density at radius 2 is 2.33 bits per heavy atom. The molecular weight excluding hydrogens is 290 g/mol. The smallest absolute Gasteiger partial charge is 0.320 e. The van der Waals surface area contributed by atoms with Crippen molar-refractivity contribution in [2.45, 2.75) is 38.1 Å². The highest BCUT2D eigenvalue weighted by Crippen LogP contribution is 2.33. The molecule has 21 heavy (non-hydrogen) atoms. The van der Waals surface area contributed by atoms with Gasteiger partial charge >= 0.3 is 5.97 Å². The average Bonchev–Trinajstić information content (AvgIpc) is 2.89. The van der Waals surface area contributed by atoms with E-state index in [2.05, 4.69) is 0 Å². The van der Waals surface area contributed by atoms with Gasteiger partial charge in [-0.3, -0.25) is 9.69 Å². The molecule has 2 rings (SSSR count). The summed E-state index contributed by atoms with van der Waals surface area (Å²) in [5.74, 6) is 0.0276. The zero-order valence-electron chi connectivity index (χ0n) is 12.5. The van der Waals surface area contributed by atoms with Gasteiger partial charge in [0, 0.05) is 12.1 Å². The van der Waals surface area contributed by atoms with Crippen molar-refractivity contribution < 1.29 is 14.6 Å². The van der Waals surface area contributed by atoms with Crippen molar-refractivity contribution in [1.82, 2.24) is 4.90 Å². The Morgan fingerprint density at radius 1 is 1.57 bits per heavy atom. The van der Waals surface area contributed by atoms with Crippen molar-refractivity contribution in [3.05, 3.63) is 29.3 Å². The van der Waals surface area contributed by atoms with Gasteiger partial charge in [-0.2, -0.15) is 0 Å². The van der Waals surface area contributed by atoms with E-state index in [4.69, 9.17) is 16.3 Å². The molecule has 1 N–H and O–H groups in total. The molecule has 1 aliphatic heterocycles. The van der Waals surface area contributed by atoms with Crippen molar-refractivity contribution >= 4 is 17.6 Å². The van der Waals surface area contributed by atoms with Crippen LogP contribution in [0.4, 0.5) is 0 Å². The van der Waals surface area contributed by atoms with Crippen LogP contribution in [0.2, 0.25) is 0 Å². The van der Waals surface area contributed by atoms with E-state index in [0.29, 0.717) is 19.6 Å². The SMILES string of the molecule is CCOc1ccc(C)cc1C(Cl)CN1CCCC1C(=O)O. The van der Waals surface area contributed by atoms with E-state index in [9.17, 15) is 9.90 Å². The largest absolute Gasteiger partial charge is 0.494 e. The maximum Gasteiger partial charge on any atom is 0.320 e. The molecule has 2 unspecified atom stereocenters. The molecule has 116 valence electrons. The summed E-state index contributed by atoms with van der Waals surface area (Å²) in [5, 5.41) is 8.97. The lowest BCUT2D eigenvalue weighted by Gasteiger charge is -2.25. The molecule has 1 heterocycles. The van der Waals surface area contributed by atoms with E-state index < -0.39 is 12.0 Å². The summed E-state index contributed by atoms with van der Waals surface area (Å²) in [6, 6.07) is 5.54. The van der Waals surface area contributed by atoms with Gasteiger partial charge < -0.3 is 9.84 Å². The third-order valence-electron chi connectivity index (χ3n) is 3.85. The quantitative estimate of drug-likeness (QED) is 0.820. The number of benzene rings is 1. The van der Waals surface area contributed by atoms with Crippen molar-refractivity contribution in [2.24, 2.45) is 0 Å². The molecule has 0 amide bonds. The molecule has 0 spiro atoms. The summed E-state index contributed by atoms with van der Waals surface area (Å²) >= 11 is 6.55. The Kier molecular flexibility index (Phi) is 5.48. The number of rotatable bonds is 6. The lowest BCUT2D eigenvalue weighted by molar-refractivity contribution is -0.142. The van der Waals surface area contributed by atoms with Crippen LogP contribution in [0.15, 0.2) is 18.2 Å². The zero-order valence-corrected chi connectivity index (χ0v) is 13.3. The fourth-order valence-corrected chi connectivity index (χ4v) is 3.18. The van der Waals surface area contributed by atoms with Crippen LogP contribution in [0, 0.1) is 6.92 Å². The number of hydrogen-bond acceptors (Lipinski definition) is 3. The fraction of sp³-hybridized carbons (Fsp3) is 0.562. The summed E-state index contributed by atoms with van der Waals surface area (Å²) in [6.07, 6.45) is 1.61. The molecule has 1 saturated heterocycles. The number of halogens is 1. The van der Waals surface area contributed by atoms with Crippen molar-refractivity contribution in [3.8, 4) is 5.75 Å². The van der Waals surface area contributed by atoms with Crippen LogP contribution in [-0.2, 0) is 4.79 Å². The predicted octanol–water partition coefficient (Wildman–Crippen LogP) is 3.22. The first-order chi connectivity index (χ1) is 10.0. The molecular formula is C16H22ClNO3. The van der Waals surface area contributed by atoms with Gasteiger partial charge in [0.25, 0.3) is 0 Å². The molecule has 1 aromatic carbocycles. The maximum atomic E-state index is 11.2. The highest BCUT2D eigenvalue weighted by molar-refractivity contribution is 6.21. The normalized spacial score (nSPS) is 20.4.